The molecule has 0 saturated carbocycles. The number of aliphatic hydroxyl groups is 1. The number of hydrogen-bond donors (Lipinski definition) is 8. The lowest BCUT2D eigenvalue weighted by Gasteiger charge is -2.19. The highest BCUT2D eigenvalue weighted by Gasteiger charge is 2.43. The molecule has 1 aliphatic heterocycles. The van der Waals surface area contributed by atoms with E-state index < -0.39 is 59.8 Å². The molecule has 5 rings (SSSR count). The number of nitriles is 1. The number of aromatic amines is 1. The highest BCUT2D eigenvalue weighted by molar-refractivity contribution is 7.66. The van der Waals surface area contributed by atoms with E-state index >= 15 is 0 Å². The normalized spacial score (nSPS) is 17.8. The molecule has 1 aliphatic rings. The van der Waals surface area contributed by atoms with Gasteiger partial charge in [-0.25, -0.2) is 23.5 Å². The summed E-state index contributed by atoms with van der Waals surface area (Å²) in [5.74, 6) is 7.49. The maximum atomic E-state index is 12.6. The third-order valence-electron chi connectivity index (χ3n) is 9.36. The van der Waals surface area contributed by atoms with E-state index in [2.05, 4.69) is 56.6 Å². The first-order chi connectivity index (χ1) is 30.7. The predicted molar refractivity (Wildman–Crippen MR) is 229 cm³/mol. The first-order valence-corrected chi connectivity index (χ1v) is 24.3. The van der Waals surface area contributed by atoms with E-state index in [1.807, 2.05) is 26.0 Å². The summed E-state index contributed by atoms with van der Waals surface area (Å²) in [5.41, 5.74) is 2.19. The number of amides is 1. The smallest absolute Gasteiger partial charge is 0.438 e. The zero-order chi connectivity index (χ0) is 47.4. The molecule has 65 heavy (non-hydrogen) atoms. The number of nitrogens with one attached hydrogen (secondary N) is 3. The molecule has 2 aromatic carbocycles. The van der Waals surface area contributed by atoms with Crippen molar-refractivity contribution in [3.05, 3.63) is 104 Å². The molecule has 8 N–H and O–H groups in total. The fourth-order valence-electron chi connectivity index (χ4n) is 6.35. The fourth-order valence-corrected chi connectivity index (χ4v) is 9.38. The number of hydrogen-bond acceptors (Lipinski definition) is 16. The minimum Gasteiger partial charge on any atom is -0.438 e. The minimum atomic E-state index is -5.77. The average molecular weight is 962 g/mol. The first kappa shape index (κ1) is 50.6. The summed E-state index contributed by atoms with van der Waals surface area (Å²) in [6.07, 6.45) is 3.29. The molecular weight excluding hydrogens is 915 g/mol. The van der Waals surface area contributed by atoms with Crippen molar-refractivity contribution in [2.45, 2.75) is 90.2 Å². The summed E-state index contributed by atoms with van der Waals surface area (Å²) in [7, 11) is -16.9. The zero-order valence-corrected chi connectivity index (χ0v) is 37.5. The highest BCUT2D eigenvalue weighted by Crippen LogP contribution is 2.66. The number of phosphoric acid groups is 3. The molecule has 1 amide bonds. The Morgan fingerprint density at radius 2 is 1.66 bits per heavy atom. The number of nitrogens with zero attached hydrogens (tertiary/aromatic N) is 4. The zero-order valence-electron chi connectivity index (χ0n) is 34.9. The summed E-state index contributed by atoms with van der Waals surface area (Å²) < 4.78 is 58.8. The molecule has 0 aliphatic carbocycles. The third kappa shape index (κ3) is 16.2. The number of carbonyl (C=O) groups excluding carboxylic acids is 1. The number of phosphoric ester groups is 1. The van der Waals surface area contributed by atoms with E-state index in [4.69, 9.17) is 24.5 Å². The Labute approximate surface area is 371 Å². The molecule has 3 heterocycles. The summed E-state index contributed by atoms with van der Waals surface area (Å²) in [4.78, 5) is 84.7. The predicted octanol–water partition coefficient (Wildman–Crippen LogP) is 4.74. The average Bonchev–Trinajstić information content (AvgIpc) is 3.59. The molecule has 0 radical (unpaired) electrons. The van der Waals surface area contributed by atoms with E-state index in [1.165, 1.54) is 0 Å². The molecule has 2 unspecified atom stereocenters. The van der Waals surface area contributed by atoms with Crippen molar-refractivity contribution in [2.75, 3.05) is 11.9 Å². The highest BCUT2D eigenvalue weighted by atomic mass is 31.3. The summed E-state index contributed by atoms with van der Waals surface area (Å²) in [6.45, 7) is 2.67. The van der Waals surface area contributed by atoms with Gasteiger partial charge in [-0.3, -0.25) is 23.7 Å². The van der Waals surface area contributed by atoms with Crippen molar-refractivity contribution in [3.63, 3.8) is 0 Å². The van der Waals surface area contributed by atoms with Gasteiger partial charge in [-0.15, -0.1) is 0 Å². The van der Waals surface area contributed by atoms with Crippen LogP contribution in [0.2, 0.25) is 0 Å². The van der Waals surface area contributed by atoms with Gasteiger partial charge in [0.25, 0.3) is 5.56 Å². The quantitative estimate of drug-likeness (QED) is 0.0317. The van der Waals surface area contributed by atoms with Crippen LogP contribution in [0, 0.1) is 37.0 Å². The van der Waals surface area contributed by atoms with Crippen LogP contribution in [-0.2, 0) is 42.9 Å². The van der Waals surface area contributed by atoms with Gasteiger partial charge in [0, 0.05) is 55.5 Å². The number of aliphatic hydroxyl groups excluding tert-OH is 1. The number of H-pyrrole nitrogens is 1. The molecule has 1 saturated heterocycles. The number of unbranched alkanes of at least 4 members (excludes halogenated alkanes) is 5. The molecule has 0 bridgehead atoms. The number of aryl methyl sites for hydroxylation is 2. The lowest BCUT2D eigenvalue weighted by Crippen LogP contribution is -2.36. The summed E-state index contributed by atoms with van der Waals surface area (Å²) in [6, 6.07) is 14.6. The second kappa shape index (κ2) is 22.7. The van der Waals surface area contributed by atoms with Crippen LogP contribution in [0.25, 0.3) is 0 Å². The molecule has 2 aromatic heterocycles. The van der Waals surface area contributed by atoms with Crippen LogP contribution in [0.1, 0.15) is 85.4 Å². The van der Waals surface area contributed by atoms with Crippen molar-refractivity contribution < 1.29 is 65.8 Å². The number of rotatable bonds is 21. The topological polar surface area (TPSA) is 344 Å². The maximum Gasteiger partial charge on any atom is 0.490 e. The van der Waals surface area contributed by atoms with Crippen LogP contribution in [0.5, 0.6) is 11.6 Å². The summed E-state index contributed by atoms with van der Waals surface area (Å²) in [5, 5.41) is 25.1. The van der Waals surface area contributed by atoms with E-state index in [0.717, 1.165) is 58.8 Å². The Morgan fingerprint density at radius 1 is 0.969 bits per heavy atom. The standard InChI is InChI=1S/C39H46N7O16P3/c1-25-18-28(19-26(2)36(25)60-34-16-17-41-38(44-34)43-30-14-12-27(21-40)13-15-30)10-8-6-4-3-5-7-9-11-33(48)42-22-29-23-46(39(50)45-37(29)49)35-20-31(47)32(59-35)24-58-64(54,55)62-65(56,57)61-63(51,52)53/h12-19,23,31-32,35,47H,3-7,9,11,20,22,24H2,1-2H3,(H,42,48)(H,54,55)(H,56,57)(H,41,43,44)(H,45,49,50)(H2,51,52,53)/t31-,32+,35+/m0/s1. The van der Waals surface area contributed by atoms with Gasteiger partial charge in [-0.1, -0.05) is 31.1 Å². The fraction of sp³-hybridized carbons (Fsp3) is 0.385. The van der Waals surface area contributed by atoms with Crippen LogP contribution in [0.3, 0.4) is 0 Å². The van der Waals surface area contributed by atoms with Gasteiger partial charge < -0.3 is 44.8 Å². The van der Waals surface area contributed by atoms with Crippen LogP contribution >= 0.6 is 23.5 Å². The third-order valence-corrected chi connectivity index (χ3v) is 13.2. The Morgan fingerprint density at radius 3 is 2.35 bits per heavy atom. The van der Waals surface area contributed by atoms with Crippen molar-refractivity contribution in [2.24, 2.45) is 0 Å². The molecule has 348 valence electrons. The van der Waals surface area contributed by atoms with Crippen LogP contribution in [-0.4, -0.2) is 68.9 Å². The lowest BCUT2D eigenvalue weighted by atomic mass is 10.1. The van der Waals surface area contributed by atoms with Crippen LogP contribution < -0.4 is 26.6 Å². The molecular formula is C39H46N7O16P3. The van der Waals surface area contributed by atoms with Gasteiger partial charge in [0.15, 0.2) is 0 Å². The number of anilines is 2. The van der Waals surface area contributed by atoms with Gasteiger partial charge in [-0.2, -0.15) is 18.9 Å². The second-order valence-electron chi connectivity index (χ2n) is 14.6. The summed E-state index contributed by atoms with van der Waals surface area (Å²) >= 11 is 0. The largest absolute Gasteiger partial charge is 0.490 e. The van der Waals surface area contributed by atoms with Gasteiger partial charge >= 0.3 is 29.2 Å². The first-order valence-electron chi connectivity index (χ1n) is 19.8. The molecule has 0 spiro atoms. The second-order valence-corrected chi connectivity index (χ2v) is 19.0. The SMILES string of the molecule is Cc1cc(C#CCCCCCCCC(=O)NCc2cn([C@H]3C[C@H](O)[C@@H](COP(=O)(O)OP(=O)(O)OP(=O)(O)O)O3)c(=O)[nH]c2=O)cc(C)c1Oc1ccnc(Nc2ccc(C#N)cc2)n1. The number of carbonyl (C=O) groups is 1. The number of aromatic nitrogens is 4. The Bertz CT molecular complexity index is 2690. The number of benzene rings is 2. The molecule has 26 heteroatoms. The molecule has 4 aromatic rings. The minimum absolute atomic E-state index is 0.0185. The van der Waals surface area contributed by atoms with Gasteiger partial charge in [0.1, 0.15) is 18.1 Å². The van der Waals surface area contributed by atoms with Crippen molar-refractivity contribution >= 4 is 41.0 Å². The Hall–Kier alpha value is -5.35. The number of ether oxygens (including phenoxy) is 2. The lowest BCUT2D eigenvalue weighted by molar-refractivity contribution is -0.121. The van der Waals surface area contributed by atoms with Gasteiger partial charge in [-0.05, 0) is 74.2 Å². The van der Waals surface area contributed by atoms with Crippen LogP contribution in [0.4, 0.5) is 11.6 Å². The van der Waals surface area contributed by atoms with Crippen molar-refractivity contribution in [1.82, 2.24) is 24.8 Å². The maximum absolute atomic E-state index is 12.6. The molecule has 1 fully saturated rings. The van der Waals surface area contributed by atoms with Crippen molar-refractivity contribution in [1.29, 1.82) is 5.26 Å². The Kier molecular flexibility index (Phi) is 17.7. The van der Waals surface area contributed by atoms with Crippen molar-refractivity contribution in [3.8, 4) is 29.5 Å². The van der Waals surface area contributed by atoms with Crippen LogP contribution in [0.15, 0.2) is 64.4 Å². The van der Waals surface area contributed by atoms with E-state index in [-0.39, 0.29) is 30.9 Å². The molecule has 23 nitrogen and oxygen atoms in total. The van der Waals surface area contributed by atoms with E-state index in [9.17, 15) is 43.0 Å². The van der Waals surface area contributed by atoms with E-state index in [1.54, 1.807) is 36.5 Å². The monoisotopic (exact) mass is 961 g/mol. The Balaban J connectivity index is 0.994. The molecule has 5 atom stereocenters. The van der Waals surface area contributed by atoms with Gasteiger partial charge in [0.05, 0.1) is 29.9 Å². The van der Waals surface area contributed by atoms with Gasteiger partial charge in [0.2, 0.25) is 17.7 Å². The van der Waals surface area contributed by atoms with E-state index in [0.29, 0.717) is 36.0 Å².